The minimum Gasteiger partial charge on any atom is -1.00 e. The van der Waals surface area contributed by atoms with Crippen LogP contribution in [0, 0.1) is 0 Å². The Hall–Kier alpha value is -1.39. The van der Waals surface area contributed by atoms with E-state index in [0.717, 1.165) is 45.1 Å². The van der Waals surface area contributed by atoms with Crippen LogP contribution in [-0.2, 0) is 20.9 Å². The highest BCUT2D eigenvalue weighted by Gasteiger charge is 2.23. The summed E-state index contributed by atoms with van der Waals surface area (Å²) in [6, 6.07) is 9.90. The number of hydrogen-bond donors (Lipinski definition) is 1. The molecule has 0 amide bonds. The van der Waals surface area contributed by atoms with Gasteiger partial charge >= 0.3 is 5.97 Å². The first-order chi connectivity index (χ1) is 12.7. The van der Waals surface area contributed by atoms with Crippen molar-refractivity contribution in [1.29, 1.82) is 0 Å². The number of ketones is 1. The van der Waals surface area contributed by atoms with Gasteiger partial charge in [0.1, 0.15) is 12.3 Å². The molecule has 0 saturated heterocycles. The third kappa shape index (κ3) is 12.6. The highest BCUT2D eigenvalue weighted by atomic mass is 35.5. The summed E-state index contributed by atoms with van der Waals surface area (Å²) in [6.45, 7) is 5.46. The van der Waals surface area contributed by atoms with Crippen LogP contribution in [0.4, 0.5) is 0 Å². The molecule has 154 valence electrons. The van der Waals surface area contributed by atoms with Gasteiger partial charge in [-0.15, -0.1) is 0 Å². The minimum atomic E-state index is -0.226. The number of Topliss-reactive ketones (excluding diaryl/α,β-unsaturated/α-hetero) is 1. The van der Waals surface area contributed by atoms with Gasteiger partial charge in [-0.05, 0) is 19.3 Å². The summed E-state index contributed by atoms with van der Waals surface area (Å²) in [7, 11) is 0. The molecule has 1 rings (SSSR count). The molecular formula is C22H36ClNO3. The monoisotopic (exact) mass is 397 g/mol. The zero-order chi connectivity index (χ0) is 19.0. The lowest BCUT2D eigenvalue weighted by molar-refractivity contribution is -0.694. The summed E-state index contributed by atoms with van der Waals surface area (Å²) in [5.74, 6) is 0.174. The lowest BCUT2D eigenvalue weighted by atomic mass is 10.0. The zero-order valence-corrected chi connectivity index (χ0v) is 17.7. The van der Waals surface area contributed by atoms with Crippen LogP contribution in [0.2, 0.25) is 0 Å². The predicted octanol–water partition coefficient (Wildman–Crippen LogP) is 0.786. The number of quaternary nitrogens is 1. The Bertz CT molecular complexity index is 508. The van der Waals surface area contributed by atoms with Crippen LogP contribution in [0.3, 0.4) is 0 Å². The maximum Gasteiger partial charge on any atom is 0.364 e. The topological polar surface area (TPSA) is 60.0 Å². The van der Waals surface area contributed by atoms with Crippen molar-refractivity contribution in [3.05, 3.63) is 35.9 Å². The number of benzene rings is 1. The van der Waals surface area contributed by atoms with Gasteiger partial charge in [-0.2, -0.15) is 0 Å². The van der Waals surface area contributed by atoms with Crippen LogP contribution in [-0.4, -0.2) is 24.4 Å². The molecule has 0 radical (unpaired) electrons. The molecule has 0 aromatic heterocycles. The van der Waals surface area contributed by atoms with Crippen LogP contribution >= 0.6 is 0 Å². The van der Waals surface area contributed by atoms with Crippen molar-refractivity contribution in [2.45, 2.75) is 84.2 Å². The first kappa shape index (κ1) is 25.6. The largest absolute Gasteiger partial charge is 1.00 e. The third-order valence-corrected chi connectivity index (χ3v) is 4.56. The molecule has 0 saturated carbocycles. The van der Waals surface area contributed by atoms with Gasteiger partial charge in [-0.3, -0.25) is 4.79 Å². The van der Waals surface area contributed by atoms with E-state index < -0.39 is 0 Å². The Morgan fingerprint density at radius 3 is 2.30 bits per heavy atom. The van der Waals surface area contributed by atoms with Crippen LogP contribution in [0.5, 0.6) is 0 Å². The van der Waals surface area contributed by atoms with Crippen LogP contribution < -0.4 is 17.7 Å². The molecule has 5 heteroatoms. The summed E-state index contributed by atoms with van der Waals surface area (Å²) in [4.78, 5) is 24.3. The minimum absolute atomic E-state index is 0. The van der Waals surface area contributed by atoms with E-state index in [-0.39, 0.29) is 24.4 Å². The van der Waals surface area contributed by atoms with Crippen molar-refractivity contribution >= 4 is 11.8 Å². The summed E-state index contributed by atoms with van der Waals surface area (Å²) in [6.07, 6.45) is 7.83. The van der Waals surface area contributed by atoms with Crippen molar-refractivity contribution in [3.8, 4) is 0 Å². The molecule has 1 unspecified atom stereocenters. The Morgan fingerprint density at radius 1 is 0.963 bits per heavy atom. The van der Waals surface area contributed by atoms with Gasteiger partial charge in [-0.1, -0.05) is 63.4 Å². The molecule has 1 aromatic rings. The Labute approximate surface area is 170 Å². The number of hydrogen-bond acceptors (Lipinski definition) is 3. The van der Waals surface area contributed by atoms with Gasteiger partial charge in [0.25, 0.3) is 0 Å². The fourth-order valence-corrected chi connectivity index (χ4v) is 2.86. The van der Waals surface area contributed by atoms with Gasteiger partial charge < -0.3 is 22.5 Å². The van der Waals surface area contributed by atoms with Crippen LogP contribution in [0.1, 0.15) is 77.2 Å². The lowest BCUT2D eigenvalue weighted by Gasteiger charge is -2.15. The fraction of sp³-hybridized carbons (Fsp3) is 0.636. The van der Waals surface area contributed by atoms with Gasteiger partial charge in [-0.25, -0.2) is 4.79 Å². The maximum atomic E-state index is 12.4. The molecule has 0 bridgehead atoms. The smallest absolute Gasteiger partial charge is 0.364 e. The predicted molar refractivity (Wildman–Crippen MR) is 105 cm³/mol. The second-order valence-corrected chi connectivity index (χ2v) is 6.94. The summed E-state index contributed by atoms with van der Waals surface area (Å²) >= 11 is 0. The number of esters is 1. The van der Waals surface area contributed by atoms with Crippen LogP contribution in [0.15, 0.2) is 30.3 Å². The van der Waals surface area contributed by atoms with Crippen molar-refractivity contribution in [1.82, 2.24) is 0 Å². The van der Waals surface area contributed by atoms with Gasteiger partial charge in [0.15, 0.2) is 6.04 Å². The number of nitrogens with two attached hydrogens (primary N) is 1. The highest BCUT2D eigenvalue weighted by Crippen LogP contribution is 2.07. The van der Waals surface area contributed by atoms with Crippen molar-refractivity contribution in [2.24, 2.45) is 0 Å². The Morgan fingerprint density at radius 2 is 1.63 bits per heavy atom. The first-order valence-electron chi connectivity index (χ1n) is 10.2. The van der Waals surface area contributed by atoms with Crippen molar-refractivity contribution in [2.75, 3.05) is 6.61 Å². The second kappa shape index (κ2) is 16.8. The molecule has 27 heavy (non-hydrogen) atoms. The molecule has 4 nitrogen and oxygen atoms in total. The summed E-state index contributed by atoms with van der Waals surface area (Å²) < 4.78 is 5.41. The zero-order valence-electron chi connectivity index (χ0n) is 16.9. The summed E-state index contributed by atoms with van der Waals surface area (Å²) in [5, 5.41) is 2.05. The van der Waals surface area contributed by atoms with E-state index in [4.69, 9.17) is 4.74 Å². The van der Waals surface area contributed by atoms with E-state index >= 15 is 0 Å². The number of rotatable bonds is 15. The third-order valence-electron chi connectivity index (χ3n) is 4.56. The Kier molecular flexibility index (Phi) is 15.9. The standard InChI is InChI=1S/C22H35NO3.ClH/c1-3-5-8-14-20(24)15-11-16-21(22(25)26-17-6-4-2)23-18-19-12-9-7-10-13-19;/h7,9-10,12-13,21,23H,3-6,8,11,14-18H2,1-2H3;1H. The highest BCUT2D eigenvalue weighted by molar-refractivity contribution is 5.78. The molecular weight excluding hydrogens is 362 g/mol. The van der Waals surface area contributed by atoms with Gasteiger partial charge in [0.05, 0.1) is 6.61 Å². The molecule has 0 spiro atoms. The van der Waals surface area contributed by atoms with Gasteiger partial charge in [0.2, 0.25) is 0 Å². The van der Waals surface area contributed by atoms with E-state index in [1.807, 2.05) is 23.5 Å². The number of unbranched alkanes of at least 4 members (excludes halogenated alkanes) is 3. The molecule has 0 aliphatic heterocycles. The molecule has 0 aliphatic carbocycles. The van der Waals surface area contributed by atoms with Crippen LogP contribution in [0.25, 0.3) is 0 Å². The van der Waals surface area contributed by atoms with Gasteiger partial charge in [0, 0.05) is 24.8 Å². The SMILES string of the molecule is CCCCCC(=O)CCCC([NH2+]Cc1ccccc1)C(=O)OCCCC.[Cl-]. The number of ether oxygens (including phenoxy) is 1. The molecule has 1 aromatic carbocycles. The van der Waals surface area contributed by atoms with E-state index in [0.29, 0.717) is 31.7 Å². The molecule has 0 fully saturated rings. The number of halogens is 1. The molecule has 1 atom stereocenters. The maximum absolute atomic E-state index is 12.4. The molecule has 0 aliphatic rings. The average Bonchev–Trinajstić information content (AvgIpc) is 2.65. The second-order valence-electron chi connectivity index (χ2n) is 6.94. The average molecular weight is 398 g/mol. The van der Waals surface area contributed by atoms with E-state index in [1.54, 1.807) is 0 Å². The van der Waals surface area contributed by atoms with E-state index in [9.17, 15) is 9.59 Å². The normalized spacial score (nSPS) is 11.5. The number of carbonyl (C=O) groups excluding carboxylic acids is 2. The molecule has 0 heterocycles. The quantitative estimate of drug-likeness (QED) is 0.351. The molecule has 2 N–H and O–H groups in total. The van der Waals surface area contributed by atoms with Crippen molar-refractivity contribution in [3.63, 3.8) is 0 Å². The van der Waals surface area contributed by atoms with E-state index in [1.165, 1.54) is 5.56 Å². The van der Waals surface area contributed by atoms with Crippen molar-refractivity contribution < 1.29 is 32.0 Å². The lowest BCUT2D eigenvalue weighted by Crippen LogP contribution is -3.00. The fourth-order valence-electron chi connectivity index (χ4n) is 2.86. The summed E-state index contributed by atoms with van der Waals surface area (Å²) in [5.41, 5.74) is 1.19. The Balaban J connectivity index is 0.00000676. The number of carbonyl (C=O) groups is 2. The van der Waals surface area contributed by atoms with E-state index in [2.05, 4.69) is 26.0 Å². The first-order valence-corrected chi connectivity index (χ1v) is 10.2.